The van der Waals surface area contributed by atoms with Crippen LogP contribution in [0.15, 0.2) is 0 Å². The lowest BCUT2D eigenvalue weighted by Crippen LogP contribution is -2.51. The molecule has 20 heavy (non-hydrogen) atoms. The molecule has 0 aliphatic carbocycles. The minimum absolute atomic E-state index is 0.106. The third kappa shape index (κ3) is 2.87. The zero-order valence-corrected chi connectivity index (χ0v) is 12.8. The van der Waals surface area contributed by atoms with Crippen molar-refractivity contribution in [2.24, 2.45) is 11.7 Å². The van der Waals surface area contributed by atoms with Crippen LogP contribution in [0.5, 0.6) is 0 Å². The van der Waals surface area contributed by atoms with Gasteiger partial charge in [0.25, 0.3) is 10.2 Å². The van der Waals surface area contributed by atoms with E-state index < -0.39 is 10.2 Å². The lowest BCUT2D eigenvalue weighted by atomic mass is 9.99. The quantitative estimate of drug-likeness (QED) is 0.749. The van der Waals surface area contributed by atoms with E-state index in [1.54, 1.807) is 4.31 Å². The first-order valence-electron chi connectivity index (χ1n) is 7.81. The summed E-state index contributed by atoms with van der Waals surface area (Å²) in [6.07, 6.45) is 5.05. The van der Waals surface area contributed by atoms with Crippen LogP contribution < -0.4 is 10.5 Å². The first-order valence-corrected chi connectivity index (χ1v) is 9.25. The second-order valence-corrected chi connectivity index (χ2v) is 8.04. The van der Waals surface area contributed by atoms with Crippen LogP contribution in [0.3, 0.4) is 0 Å². The number of fused-ring (bicyclic) bond motifs is 1. The summed E-state index contributed by atoms with van der Waals surface area (Å²) >= 11 is 0. The Morgan fingerprint density at radius 3 is 2.50 bits per heavy atom. The Morgan fingerprint density at radius 2 is 1.80 bits per heavy atom. The van der Waals surface area contributed by atoms with Crippen molar-refractivity contribution in [3.63, 3.8) is 0 Å². The van der Waals surface area contributed by atoms with Crippen molar-refractivity contribution in [2.45, 2.75) is 44.2 Å². The van der Waals surface area contributed by atoms with Crippen LogP contribution >= 0.6 is 0 Å². The van der Waals surface area contributed by atoms with Crippen LogP contribution in [0.2, 0.25) is 0 Å². The molecule has 0 spiro atoms. The van der Waals surface area contributed by atoms with Crippen molar-refractivity contribution in [1.82, 2.24) is 13.9 Å². The van der Waals surface area contributed by atoms with Crippen LogP contribution in [0.4, 0.5) is 0 Å². The fourth-order valence-corrected chi connectivity index (χ4v) is 5.37. The first-order chi connectivity index (χ1) is 9.60. The highest BCUT2D eigenvalue weighted by molar-refractivity contribution is 7.87. The molecular weight excluding hydrogens is 276 g/mol. The van der Waals surface area contributed by atoms with Gasteiger partial charge in [0.05, 0.1) is 0 Å². The SMILES string of the molecule is NCC1CCN(S(=O)(=O)NC2CCN3CCCC23)CC1. The molecule has 0 radical (unpaired) electrons. The maximum absolute atomic E-state index is 12.5. The second-order valence-electron chi connectivity index (χ2n) is 6.34. The second kappa shape index (κ2) is 5.88. The van der Waals surface area contributed by atoms with Gasteiger partial charge in [-0.05, 0) is 51.1 Å². The zero-order valence-electron chi connectivity index (χ0n) is 12.0. The normalized spacial score (nSPS) is 33.6. The largest absolute Gasteiger partial charge is 0.330 e. The van der Waals surface area contributed by atoms with E-state index in [4.69, 9.17) is 5.73 Å². The number of hydrogen-bond acceptors (Lipinski definition) is 4. The van der Waals surface area contributed by atoms with E-state index in [2.05, 4.69) is 9.62 Å². The van der Waals surface area contributed by atoms with Crippen LogP contribution in [0, 0.1) is 5.92 Å². The maximum Gasteiger partial charge on any atom is 0.279 e. The average molecular weight is 302 g/mol. The summed E-state index contributed by atoms with van der Waals surface area (Å²) in [5, 5.41) is 0. The van der Waals surface area contributed by atoms with Crippen molar-refractivity contribution in [1.29, 1.82) is 0 Å². The summed E-state index contributed by atoms with van der Waals surface area (Å²) in [6.45, 7) is 4.05. The van der Waals surface area contributed by atoms with Crippen molar-refractivity contribution in [3.8, 4) is 0 Å². The Balaban J connectivity index is 1.59. The van der Waals surface area contributed by atoms with Gasteiger partial charge in [-0.25, -0.2) is 0 Å². The van der Waals surface area contributed by atoms with Crippen molar-refractivity contribution in [3.05, 3.63) is 0 Å². The molecule has 6 nitrogen and oxygen atoms in total. The highest BCUT2D eigenvalue weighted by Crippen LogP contribution is 2.29. The molecule has 3 saturated heterocycles. The molecule has 3 aliphatic rings. The van der Waals surface area contributed by atoms with Gasteiger partial charge in [-0.3, -0.25) is 4.90 Å². The fourth-order valence-electron chi connectivity index (χ4n) is 3.87. The van der Waals surface area contributed by atoms with Gasteiger partial charge < -0.3 is 5.73 Å². The Bertz CT molecular complexity index is 434. The molecule has 0 aromatic carbocycles. The molecule has 7 heteroatoms. The van der Waals surface area contributed by atoms with Crippen LogP contribution in [0.1, 0.15) is 32.1 Å². The molecule has 3 heterocycles. The van der Waals surface area contributed by atoms with Crippen LogP contribution in [-0.4, -0.2) is 62.4 Å². The van der Waals surface area contributed by atoms with E-state index in [9.17, 15) is 8.42 Å². The standard InChI is InChI=1S/C13H26N4O2S/c14-10-11-3-8-17(9-4-11)20(18,19)15-12-5-7-16-6-1-2-13(12)16/h11-13,15H,1-10,14H2. The van der Waals surface area contributed by atoms with Gasteiger partial charge in [-0.2, -0.15) is 17.4 Å². The van der Waals surface area contributed by atoms with Gasteiger partial charge >= 0.3 is 0 Å². The van der Waals surface area contributed by atoms with E-state index in [1.807, 2.05) is 0 Å². The molecule has 3 rings (SSSR count). The Labute approximate surface area is 121 Å². The number of piperidine rings is 1. The van der Waals surface area contributed by atoms with Crippen molar-refractivity contribution in [2.75, 3.05) is 32.7 Å². The summed E-state index contributed by atoms with van der Waals surface area (Å²) < 4.78 is 29.5. The van der Waals surface area contributed by atoms with Crippen LogP contribution in [-0.2, 0) is 10.2 Å². The summed E-state index contributed by atoms with van der Waals surface area (Å²) in [5.74, 6) is 0.484. The third-order valence-electron chi connectivity index (χ3n) is 5.15. The lowest BCUT2D eigenvalue weighted by molar-refractivity contribution is 0.270. The minimum atomic E-state index is -3.32. The van der Waals surface area contributed by atoms with Crippen LogP contribution in [0.25, 0.3) is 0 Å². The minimum Gasteiger partial charge on any atom is -0.330 e. The highest BCUT2D eigenvalue weighted by Gasteiger charge is 2.40. The van der Waals surface area contributed by atoms with Gasteiger partial charge in [-0.1, -0.05) is 0 Å². The van der Waals surface area contributed by atoms with Gasteiger partial charge in [0.15, 0.2) is 0 Å². The van der Waals surface area contributed by atoms with Gasteiger partial charge in [0.2, 0.25) is 0 Å². The number of nitrogens with zero attached hydrogens (tertiary/aromatic N) is 2. The number of rotatable bonds is 4. The molecule has 0 amide bonds. The van der Waals surface area contributed by atoms with Crippen molar-refractivity contribution < 1.29 is 8.42 Å². The predicted molar refractivity (Wildman–Crippen MR) is 78.4 cm³/mol. The predicted octanol–water partition coefficient (Wildman–Crippen LogP) is -0.272. The molecule has 3 aliphatic heterocycles. The highest BCUT2D eigenvalue weighted by atomic mass is 32.2. The van der Waals surface area contributed by atoms with E-state index in [0.717, 1.165) is 38.8 Å². The molecule has 3 fully saturated rings. The lowest BCUT2D eigenvalue weighted by Gasteiger charge is -2.32. The Kier molecular flexibility index (Phi) is 4.33. The molecule has 0 saturated carbocycles. The number of nitrogens with one attached hydrogen (secondary N) is 1. The summed E-state index contributed by atoms with van der Waals surface area (Å²) in [6, 6.07) is 0.529. The molecule has 0 bridgehead atoms. The number of hydrogen-bond donors (Lipinski definition) is 2. The van der Waals surface area contributed by atoms with E-state index in [0.29, 0.717) is 31.6 Å². The molecule has 3 N–H and O–H groups in total. The van der Waals surface area contributed by atoms with E-state index in [-0.39, 0.29) is 6.04 Å². The average Bonchev–Trinajstić information content (AvgIpc) is 3.04. The monoisotopic (exact) mass is 302 g/mol. The first kappa shape index (κ1) is 14.7. The van der Waals surface area contributed by atoms with Gasteiger partial charge in [0, 0.05) is 31.7 Å². The fraction of sp³-hybridized carbons (Fsp3) is 1.00. The summed E-state index contributed by atoms with van der Waals surface area (Å²) in [5.41, 5.74) is 5.66. The maximum atomic E-state index is 12.5. The van der Waals surface area contributed by atoms with Crippen molar-refractivity contribution >= 4 is 10.2 Å². The van der Waals surface area contributed by atoms with Gasteiger partial charge in [0.1, 0.15) is 0 Å². The zero-order chi connectivity index (χ0) is 14.2. The third-order valence-corrected chi connectivity index (χ3v) is 6.80. The summed E-state index contributed by atoms with van der Waals surface area (Å²) in [7, 11) is -3.32. The topological polar surface area (TPSA) is 78.7 Å². The molecule has 0 aromatic heterocycles. The summed E-state index contributed by atoms with van der Waals surface area (Å²) in [4.78, 5) is 2.42. The van der Waals surface area contributed by atoms with E-state index in [1.165, 1.54) is 6.42 Å². The molecule has 2 unspecified atom stereocenters. The molecule has 2 atom stereocenters. The smallest absolute Gasteiger partial charge is 0.279 e. The molecule has 116 valence electrons. The number of nitrogens with two attached hydrogens (primary N) is 1. The van der Waals surface area contributed by atoms with Gasteiger partial charge in [-0.15, -0.1) is 0 Å². The van der Waals surface area contributed by atoms with E-state index >= 15 is 0 Å². The Hall–Kier alpha value is -0.210. The Morgan fingerprint density at radius 1 is 1.05 bits per heavy atom. The molecular formula is C13H26N4O2S. The molecule has 0 aromatic rings.